The Morgan fingerprint density at radius 1 is 1.50 bits per heavy atom. The van der Waals surface area contributed by atoms with Crippen molar-refractivity contribution in [3.63, 3.8) is 0 Å². The summed E-state index contributed by atoms with van der Waals surface area (Å²) in [7, 11) is 0. The van der Waals surface area contributed by atoms with Gasteiger partial charge in [0, 0.05) is 11.9 Å². The van der Waals surface area contributed by atoms with E-state index in [0.717, 1.165) is 10.6 Å². The molecule has 1 N–H and O–H groups in total. The molecule has 2 heterocycles. The Bertz CT molecular complexity index is 272. The maximum atomic E-state index is 3.78. The van der Waals surface area contributed by atoms with Crippen molar-refractivity contribution < 1.29 is 0 Å². The minimum absolute atomic E-state index is 0.763. The van der Waals surface area contributed by atoms with Gasteiger partial charge >= 0.3 is 0 Å². The number of hydrogen-bond acceptors (Lipinski definition) is 6. The third-order valence-corrected chi connectivity index (χ3v) is 1.76. The summed E-state index contributed by atoms with van der Waals surface area (Å²) in [6.07, 6.45) is 3.26. The van der Waals surface area contributed by atoms with Gasteiger partial charge in [-0.05, 0) is 5.21 Å². The molecule has 0 saturated carbocycles. The van der Waals surface area contributed by atoms with Gasteiger partial charge in [-0.1, -0.05) is 0 Å². The maximum Gasteiger partial charge on any atom is 0.125 e. The Morgan fingerprint density at radius 2 is 2.50 bits per heavy atom. The van der Waals surface area contributed by atoms with E-state index in [1.807, 2.05) is 0 Å². The molecule has 1 aliphatic heterocycles. The predicted octanol–water partition coefficient (Wildman–Crippen LogP) is -0.184. The molecule has 1 aromatic rings. The van der Waals surface area contributed by atoms with Crippen LogP contribution in [0.15, 0.2) is 16.2 Å². The Labute approximate surface area is 61.1 Å². The van der Waals surface area contributed by atoms with Crippen molar-refractivity contribution in [1.82, 2.24) is 20.2 Å². The number of rotatable bonds is 0. The van der Waals surface area contributed by atoms with Gasteiger partial charge in [0.05, 0.1) is 17.3 Å². The van der Waals surface area contributed by atoms with Gasteiger partial charge in [-0.3, -0.25) is 0 Å². The van der Waals surface area contributed by atoms with Crippen LogP contribution in [0.25, 0.3) is 0 Å². The summed E-state index contributed by atoms with van der Waals surface area (Å²) in [5, 5.41) is 14.6. The summed E-state index contributed by atoms with van der Waals surface area (Å²) in [5.41, 5.74) is 0.763. The lowest BCUT2D eigenvalue weighted by molar-refractivity contribution is 0.825. The Kier molecular flexibility index (Phi) is 1.24. The number of fused-ring (bicyclic) bond motifs is 1. The van der Waals surface area contributed by atoms with Gasteiger partial charge in [-0.25, -0.2) is 4.83 Å². The number of hydrogen-bond donors (Lipinski definition) is 1. The van der Waals surface area contributed by atoms with E-state index in [2.05, 4.69) is 25.3 Å². The quantitative estimate of drug-likeness (QED) is 0.524. The molecule has 0 spiro atoms. The summed E-state index contributed by atoms with van der Waals surface area (Å²) < 4.78 is 0. The Morgan fingerprint density at radius 3 is 3.40 bits per heavy atom. The molecule has 5 nitrogen and oxygen atoms in total. The van der Waals surface area contributed by atoms with Gasteiger partial charge < -0.3 is 0 Å². The highest BCUT2D eigenvalue weighted by atomic mass is 32.2. The summed E-state index contributed by atoms with van der Waals surface area (Å²) in [5.74, 6) is 0. The van der Waals surface area contributed by atoms with E-state index in [1.165, 1.54) is 11.9 Å². The van der Waals surface area contributed by atoms with Gasteiger partial charge in [0.25, 0.3) is 0 Å². The van der Waals surface area contributed by atoms with E-state index >= 15 is 0 Å². The molecule has 0 radical (unpaired) electrons. The van der Waals surface area contributed by atoms with Crippen molar-refractivity contribution in [2.75, 3.05) is 0 Å². The molecule has 0 bridgehead atoms. The normalized spacial score (nSPS) is 14.0. The fourth-order valence-corrected chi connectivity index (χ4v) is 1.10. The van der Waals surface area contributed by atoms with Crippen molar-refractivity contribution >= 4 is 18.2 Å². The molecule has 0 aliphatic carbocycles. The predicted molar refractivity (Wildman–Crippen MR) is 36.4 cm³/mol. The van der Waals surface area contributed by atoms with Crippen LogP contribution in [-0.2, 0) is 0 Å². The molecule has 0 fully saturated rings. The van der Waals surface area contributed by atoms with Gasteiger partial charge in [-0.2, -0.15) is 5.10 Å². The zero-order chi connectivity index (χ0) is 6.81. The van der Waals surface area contributed by atoms with E-state index in [0.29, 0.717) is 0 Å². The van der Waals surface area contributed by atoms with Gasteiger partial charge in [0.1, 0.15) is 5.69 Å². The van der Waals surface area contributed by atoms with Gasteiger partial charge in [0.2, 0.25) is 0 Å². The van der Waals surface area contributed by atoms with Crippen LogP contribution in [-0.4, -0.2) is 21.6 Å². The number of hydrazone groups is 1. The van der Waals surface area contributed by atoms with E-state index in [1.54, 1.807) is 12.4 Å². The highest BCUT2D eigenvalue weighted by Crippen LogP contribution is 2.16. The third-order valence-electron chi connectivity index (χ3n) is 1.03. The first-order valence-corrected chi connectivity index (χ1v) is 3.42. The van der Waals surface area contributed by atoms with Crippen molar-refractivity contribution in [2.45, 2.75) is 4.90 Å². The topological polar surface area (TPSA) is 63.1 Å². The van der Waals surface area contributed by atoms with Crippen LogP contribution in [0.2, 0.25) is 0 Å². The van der Waals surface area contributed by atoms with Crippen LogP contribution >= 0.6 is 11.9 Å². The number of aromatic nitrogens is 3. The molecule has 10 heavy (non-hydrogen) atoms. The minimum Gasteiger partial charge on any atom is -0.247 e. The van der Waals surface area contributed by atoms with E-state index in [9.17, 15) is 0 Å². The molecule has 0 amide bonds. The van der Waals surface area contributed by atoms with Crippen LogP contribution in [0.1, 0.15) is 5.69 Å². The zero-order valence-electron chi connectivity index (χ0n) is 4.85. The molecule has 6 heteroatoms. The zero-order valence-corrected chi connectivity index (χ0v) is 5.67. The van der Waals surface area contributed by atoms with Crippen LogP contribution in [0.4, 0.5) is 0 Å². The van der Waals surface area contributed by atoms with Crippen LogP contribution < -0.4 is 4.83 Å². The summed E-state index contributed by atoms with van der Waals surface area (Å²) in [4.78, 5) is 3.67. The van der Waals surface area contributed by atoms with Crippen LogP contribution in [0.5, 0.6) is 0 Å². The lowest BCUT2D eigenvalue weighted by Gasteiger charge is -2.04. The molecule has 1 aliphatic rings. The average molecular weight is 153 g/mol. The highest BCUT2D eigenvalue weighted by molar-refractivity contribution is 7.97. The van der Waals surface area contributed by atoms with E-state index < -0.39 is 0 Å². The molecule has 1 aromatic heterocycles. The minimum atomic E-state index is 0.763. The highest BCUT2D eigenvalue weighted by Gasteiger charge is 2.05. The van der Waals surface area contributed by atoms with Crippen molar-refractivity contribution in [3.8, 4) is 0 Å². The molecular weight excluding hydrogens is 150 g/mol. The summed E-state index contributed by atoms with van der Waals surface area (Å²) in [6.45, 7) is 0. The molecule has 0 aromatic carbocycles. The fourth-order valence-electron chi connectivity index (χ4n) is 0.599. The monoisotopic (exact) mass is 153 g/mol. The largest absolute Gasteiger partial charge is 0.247 e. The van der Waals surface area contributed by atoms with Gasteiger partial charge in [0.15, 0.2) is 0 Å². The lowest BCUT2D eigenvalue weighted by Crippen LogP contribution is -2.06. The molecule has 0 atom stereocenters. The number of nitrogens with zero attached hydrogens (tertiary/aromatic N) is 4. The van der Waals surface area contributed by atoms with Gasteiger partial charge in [-0.15, -0.1) is 10.2 Å². The third kappa shape index (κ3) is 0.820. The Balaban J connectivity index is 2.54. The molecule has 0 saturated heterocycles. The van der Waals surface area contributed by atoms with Crippen molar-refractivity contribution in [3.05, 3.63) is 11.9 Å². The first-order chi connectivity index (χ1) is 4.97. The second-order valence-corrected chi connectivity index (χ2v) is 2.46. The average Bonchev–Trinajstić information content (AvgIpc) is 2.05. The second-order valence-electron chi connectivity index (χ2n) is 1.64. The maximum absolute atomic E-state index is 3.78. The fraction of sp³-hybridized carbons (Fsp3) is 0. The summed E-state index contributed by atoms with van der Waals surface area (Å²) >= 11 is 1.38. The number of nitrogens with one attached hydrogen (secondary N) is 1. The molecular formula is C4H3N5S. The smallest absolute Gasteiger partial charge is 0.125 e. The molecule has 0 unspecified atom stereocenters. The SMILES string of the molecule is C1=NNSc2cnnnc21. The van der Waals surface area contributed by atoms with Crippen LogP contribution in [0, 0.1) is 0 Å². The molecule has 50 valence electrons. The van der Waals surface area contributed by atoms with Crippen molar-refractivity contribution in [1.29, 1.82) is 0 Å². The second kappa shape index (κ2) is 2.22. The Hall–Kier alpha value is -1.17. The molecule has 2 rings (SSSR count). The standard InChI is InChI=1S/C4H3N5S/c1-3-4(10-9-6-1)2-5-8-7-3/h1-2,9H. The lowest BCUT2D eigenvalue weighted by atomic mass is 10.4. The van der Waals surface area contributed by atoms with E-state index in [-0.39, 0.29) is 0 Å². The first kappa shape index (κ1) is 5.60. The summed E-state index contributed by atoms with van der Waals surface area (Å²) in [6, 6.07) is 0. The van der Waals surface area contributed by atoms with Crippen molar-refractivity contribution in [2.24, 2.45) is 5.10 Å². The van der Waals surface area contributed by atoms with E-state index in [4.69, 9.17) is 0 Å². The van der Waals surface area contributed by atoms with Crippen LogP contribution in [0.3, 0.4) is 0 Å². The first-order valence-electron chi connectivity index (χ1n) is 2.60.